The largest absolute Gasteiger partial charge is 0.364 e. The van der Waals surface area contributed by atoms with Gasteiger partial charge in [0, 0.05) is 49.5 Å². The molecule has 0 spiro atoms. The van der Waals surface area contributed by atoms with Gasteiger partial charge in [-0.05, 0) is 37.9 Å². The second-order valence-corrected chi connectivity index (χ2v) is 7.53. The number of likely N-dealkylation sites (N-methyl/N-ethyl adjacent to an activating group) is 1. The minimum absolute atomic E-state index is 0.160. The third-order valence-corrected chi connectivity index (χ3v) is 5.65. The lowest BCUT2D eigenvalue weighted by Gasteiger charge is -2.17. The second kappa shape index (κ2) is 8.24. The summed E-state index contributed by atoms with van der Waals surface area (Å²) in [5, 5.41) is 12.0. The number of amides is 1. The molecule has 0 bridgehead atoms. The van der Waals surface area contributed by atoms with Crippen molar-refractivity contribution in [2.45, 2.75) is 39.7 Å². The van der Waals surface area contributed by atoms with Crippen LogP contribution in [0, 0.1) is 0 Å². The van der Waals surface area contributed by atoms with E-state index in [1.165, 1.54) is 5.56 Å². The maximum absolute atomic E-state index is 13.0. The summed E-state index contributed by atoms with van der Waals surface area (Å²) in [6.45, 7) is 8.26. The molecule has 0 saturated carbocycles. The zero-order valence-electron chi connectivity index (χ0n) is 17.4. The van der Waals surface area contributed by atoms with Crippen molar-refractivity contribution in [1.82, 2.24) is 29.4 Å². The first-order chi connectivity index (χ1) is 14.1. The average Bonchev–Trinajstić information content (AvgIpc) is 3.39. The summed E-state index contributed by atoms with van der Waals surface area (Å²) >= 11 is 0. The number of carbonyl (C=O) groups is 1. The van der Waals surface area contributed by atoms with E-state index in [0.29, 0.717) is 11.4 Å². The van der Waals surface area contributed by atoms with E-state index in [-0.39, 0.29) is 5.91 Å². The van der Waals surface area contributed by atoms with E-state index in [1.54, 1.807) is 16.9 Å². The summed E-state index contributed by atoms with van der Waals surface area (Å²) in [7, 11) is 1.83. The van der Waals surface area contributed by atoms with Gasteiger partial charge in [0.25, 0.3) is 5.91 Å². The molecule has 1 aliphatic carbocycles. The van der Waals surface area contributed by atoms with Crippen molar-refractivity contribution in [3.05, 3.63) is 41.5 Å². The molecule has 0 atom stereocenters. The van der Waals surface area contributed by atoms with Crippen molar-refractivity contribution in [3.8, 4) is 11.3 Å². The van der Waals surface area contributed by atoms with Crippen LogP contribution >= 0.6 is 0 Å². The highest BCUT2D eigenvalue weighted by molar-refractivity contribution is 6.08. The minimum Gasteiger partial charge on any atom is -0.364 e. The van der Waals surface area contributed by atoms with E-state index in [4.69, 9.17) is 5.10 Å². The first-order valence-corrected chi connectivity index (χ1v) is 10.4. The molecule has 1 amide bonds. The Morgan fingerprint density at radius 3 is 2.83 bits per heavy atom. The van der Waals surface area contributed by atoms with E-state index < -0.39 is 0 Å². The van der Waals surface area contributed by atoms with Gasteiger partial charge < -0.3 is 15.2 Å². The van der Waals surface area contributed by atoms with Crippen LogP contribution in [0.25, 0.3) is 11.3 Å². The third kappa shape index (κ3) is 3.98. The van der Waals surface area contributed by atoms with Gasteiger partial charge in [0.05, 0.1) is 17.8 Å². The van der Waals surface area contributed by atoms with Gasteiger partial charge in [0.1, 0.15) is 0 Å². The number of anilines is 1. The van der Waals surface area contributed by atoms with Gasteiger partial charge in [-0.15, -0.1) is 0 Å². The van der Waals surface area contributed by atoms with Gasteiger partial charge in [0.15, 0.2) is 5.82 Å². The Bertz CT molecular complexity index is 993. The van der Waals surface area contributed by atoms with Gasteiger partial charge in [-0.1, -0.05) is 13.8 Å². The smallest absolute Gasteiger partial charge is 0.259 e. The van der Waals surface area contributed by atoms with Crippen LogP contribution in [-0.4, -0.2) is 55.0 Å². The van der Waals surface area contributed by atoms with Gasteiger partial charge in [-0.3, -0.25) is 14.2 Å². The maximum Gasteiger partial charge on any atom is 0.259 e. The summed E-state index contributed by atoms with van der Waals surface area (Å²) < 4.78 is 3.70. The molecule has 8 nitrogen and oxygen atoms in total. The second-order valence-electron chi connectivity index (χ2n) is 7.53. The van der Waals surface area contributed by atoms with Crippen molar-refractivity contribution < 1.29 is 4.79 Å². The van der Waals surface area contributed by atoms with Gasteiger partial charge in [0.2, 0.25) is 0 Å². The molecule has 0 radical (unpaired) electrons. The molecule has 29 heavy (non-hydrogen) atoms. The number of H-pyrrole nitrogens is 1. The molecule has 154 valence electrons. The molecule has 3 aromatic heterocycles. The van der Waals surface area contributed by atoms with Crippen LogP contribution in [0.15, 0.2) is 24.7 Å². The highest BCUT2D eigenvalue weighted by Crippen LogP contribution is 2.34. The quantitative estimate of drug-likeness (QED) is 0.644. The fourth-order valence-electron chi connectivity index (χ4n) is 3.99. The van der Waals surface area contributed by atoms with Crippen LogP contribution in [0.2, 0.25) is 0 Å². The molecule has 3 aromatic rings. The summed E-state index contributed by atoms with van der Waals surface area (Å²) in [6.07, 6.45) is 8.70. The molecule has 4 rings (SSSR count). The van der Waals surface area contributed by atoms with Crippen molar-refractivity contribution in [2.24, 2.45) is 7.05 Å². The topological polar surface area (TPSA) is 83.8 Å². The zero-order valence-corrected chi connectivity index (χ0v) is 17.4. The molecule has 8 heteroatoms. The van der Waals surface area contributed by atoms with Crippen molar-refractivity contribution in [2.75, 3.05) is 25.0 Å². The monoisotopic (exact) mass is 395 g/mol. The Labute approximate surface area is 170 Å². The summed E-state index contributed by atoms with van der Waals surface area (Å²) in [4.78, 5) is 18.7. The molecule has 0 unspecified atom stereocenters. The zero-order chi connectivity index (χ0) is 20.4. The SMILES string of the molecule is CCN(CC)CCn1cc2c(n1)-c1c(C(=O)Nc3ccn(C)n3)c[nH]c1CCC2. The van der Waals surface area contributed by atoms with Gasteiger partial charge in [-0.25, -0.2) is 0 Å². The van der Waals surface area contributed by atoms with Gasteiger partial charge >= 0.3 is 0 Å². The minimum atomic E-state index is -0.160. The number of aromatic nitrogens is 5. The van der Waals surface area contributed by atoms with Crippen LogP contribution in [0.4, 0.5) is 5.82 Å². The number of rotatable bonds is 7. The van der Waals surface area contributed by atoms with Crippen molar-refractivity contribution >= 4 is 11.7 Å². The molecule has 0 saturated heterocycles. The standard InChI is InChI=1S/C21H29N7O/c1-4-27(5-2)11-12-28-14-15-7-6-8-17-19(20(15)25-28)16(13-22-17)21(29)23-18-9-10-26(3)24-18/h9-10,13-14,22H,4-8,11-12H2,1-3H3,(H,23,24,29). The lowest BCUT2D eigenvalue weighted by atomic mass is 10.0. The number of fused-ring (bicyclic) bond motifs is 3. The summed E-state index contributed by atoms with van der Waals surface area (Å²) in [6, 6.07) is 1.79. The van der Waals surface area contributed by atoms with E-state index >= 15 is 0 Å². The lowest BCUT2D eigenvalue weighted by Crippen LogP contribution is -2.27. The Hall–Kier alpha value is -2.87. The Balaban J connectivity index is 1.62. The number of hydrogen-bond donors (Lipinski definition) is 2. The number of nitrogens with one attached hydrogen (secondary N) is 2. The molecule has 0 fully saturated rings. The van der Waals surface area contributed by atoms with E-state index in [2.05, 4.69) is 40.3 Å². The van der Waals surface area contributed by atoms with Crippen LogP contribution in [0.1, 0.15) is 41.9 Å². The molecule has 2 N–H and O–H groups in total. The first kappa shape index (κ1) is 19.4. The number of nitrogens with zero attached hydrogens (tertiary/aromatic N) is 5. The van der Waals surface area contributed by atoms with E-state index in [1.807, 2.05) is 17.9 Å². The number of aromatic amines is 1. The maximum atomic E-state index is 13.0. The van der Waals surface area contributed by atoms with Crippen LogP contribution in [-0.2, 0) is 26.4 Å². The Morgan fingerprint density at radius 1 is 1.28 bits per heavy atom. The summed E-state index contributed by atoms with van der Waals surface area (Å²) in [5.74, 6) is 0.387. The highest BCUT2D eigenvalue weighted by Gasteiger charge is 2.26. The van der Waals surface area contributed by atoms with E-state index in [0.717, 1.165) is 62.4 Å². The fraction of sp³-hybridized carbons (Fsp3) is 0.476. The third-order valence-electron chi connectivity index (χ3n) is 5.65. The predicted octanol–water partition coefficient (Wildman–Crippen LogP) is 2.69. The van der Waals surface area contributed by atoms with Crippen LogP contribution < -0.4 is 5.32 Å². The van der Waals surface area contributed by atoms with Gasteiger partial charge in [-0.2, -0.15) is 10.2 Å². The van der Waals surface area contributed by atoms with E-state index in [9.17, 15) is 4.79 Å². The first-order valence-electron chi connectivity index (χ1n) is 10.4. The molecule has 0 aliphatic heterocycles. The number of aryl methyl sites for hydroxylation is 3. The molecular weight excluding hydrogens is 366 g/mol. The Kier molecular flexibility index (Phi) is 5.53. The van der Waals surface area contributed by atoms with Crippen molar-refractivity contribution in [1.29, 1.82) is 0 Å². The van der Waals surface area contributed by atoms with Crippen LogP contribution in [0.3, 0.4) is 0 Å². The van der Waals surface area contributed by atoms with Crippen molar-refractivity contribution in [3.63, 3.8) is 0 Å². The van der Waals surface area contributed by atoms with Crippen LogP contribution in [0.5, 0.6) is 0 Å². The molecule has 3 heterocycles. The fourth-order valence-corrected chi connectivity index (χ4v) is 3.99. The summed E-state index contributed by atoms with van der Waals surface area (Å²) in [5.41, 5.74) is 4.80. The predicted molar refractivity (Wildman–Crippen MR) is 113 cm³/mol. The highest BCUT2D eigenvalue weighted by atomic mass is 16.1. The molecule has 1 aliphatic rings. The lowest BCUT2D eigenvalue weighted by molar-refractivity contribution is 0.102. The number of carbonyl (C=O) groups excluding carboxylic acids is 1. The average molecular weight is 396 g/mol. The number of hydrogen-bond acceptors (Lipinski definition) is 4. The Morgan fingerprint density at radius 2 is 2.10 bits per heavy atom. The normalized spacial score (nSPS) is 13.2. The molecular formula is C21H29N7O. The molecule has 0 aromatic carbocycles.